The molecule has 4 rings (SSSR count). The maximum atomic E-state index is 10.8. The van der Waals surface area contributed by atoms with Crippen molar-refractivity contribution in [2.75, 3.05) is 5.43 Å². The summed E-state index contributed by atoms with van der Waals surface area (Å²) in [5.41, 5.74) is 5.58. The van der Waals surface area contributed by atoms with Gasteiger partial charge in [0.15, 0.2) is 0 Å². The minimum absolute atomic E-state index is 0.00785. The van der Waals surface area contributed by atoms with Gasteiger partial charge in [-0.15, -0.1) is 0 Å². The highest BCUT2D eigenvalue weighted by atomic mass is 16.6. The second-order valence-electron chi connectivity index (χ2n) is 6.03. The number of non-ortho nitro benzene ring substituents is 1. The van der Waals surface area contributed by atoms with Crippen molar-refractivity contribution in [3.63, 3.8) is 0 Å². The average molecular weight is 385 g/mol. The number of nitro groups is 1. The standard InChI is InChI=1S/C21H15N5O3/c27-26(28)18-13-11-17(12-14-18)23-24-19(15-7-3-1-4-8-15)20-22-21(29-25-20)16-9-5-2-6-10-16/h1-14,23H/b24-19+. The van der Waals surface area contributed by atoms with Gasteiger partial charge in [-0.3, -0.25) is 15.5 Å². The van der Waals surface area contributed by atoms with E-state index in [2.05, 4.69) is 20.7 Å². The van der Waals surface area contributed by atoms with E-state index in [1.807, 2.05) is 60.7 Å². The molecule has 0 unspecified atom stereocenters. The zero-order valence-corrected chi connectivity index (χ0v) is 15.1. The van der Waals surface area contributed by atoms with E-state index in [-0.39, 0.29) is 5.69 Å². The number of nitrogens with zero attached hydrogens (tertiary/aromatic N) is 4. The molecule has 0 amide bonds. The highest BCUT2D eigenvalue weighted by molar-refractivity contribution is 6.10. The molecule has 0 fully saturated rings. The molecule has 0 aliphatic carbocycles. The molecule has 4 aromatic rings. The zero-order chi connectivity index (χ0) is 20.1. The van der Waals surface area contributed by atoms with Gasteiger partial charge in [0.25, 0.3) is 11.6 Å². The quantitative estimate of drug-likeness (QED) is 0.297. The third-order valence-corrected chi connectivity index (χ3v) is 4.08. The second-order valence-corrected chi connectivity index (χ2v) is 6.03. The maximum Gasteiger partial charge on any atom is 0.269 e. The molecular formula is C21H15N5O3. The lowest BCUT2D eigenvalue weighted by molar-refractivity contribution is -0.384. The summed E-state index contributed by atoms with van der Waals surface area (Å²) in [5.74, 6) is 0.712. The highest BCUT2D eigenvalue weighted by Gasteiger charge is 2.16. The molecule has 0 radical (unpaired) electrons. The van der Waals surface area contributed by atoms with Crippen molar-refractivity contribution in [1.29, 1.82) is 0 Å². The summed E-state index contributed by atoms with van der Waals surface area (Å²) in [6.45, 7) is 0. The van der Waals surface area contributed by atoms with Crippen LogP contribution in [0.2, 0.25) is 0 Å². The van der Waals surface area contributed by atoms with Gasteiger partial charge in [-0.1, -0.05) is 53.7 Å². The normalized spacial score (nSPS) is 11.2. The lowest BCUT2D eigenvalue weighted by atomic mass is 10.1. The number of benzene rings is 3. The fourth-order valence-corrected chi connectivity index (χ4v) is 2.64. The fourth-order valence-electron chi connectivity index (χ4n) is 2.64. The summed E-state index contributed by atoms with van der Waals surface area (Å²) in [7, 11) is 0. The lowest BCUT2D eigenvalue weighted by Gasteiger charge is -2.04. The Labute approximate surface area is 165 Å². The van der Waals surface area contributed by atoms with Crippen LogP contribution in [0.3, 0.4) is 0 Å². The summed E-state index contributed by atoms with van der Waals surface area (Å²) >= 11 is 0. The van der Waals surface area contributed by atoms with Crippen molar-refractivity contribution in [2.45, 2.75) is 0 Å². The molecular weight excluding hydrogens is 370 g/mol. The van der Waals surface area contributed by atoms with Crippen molar-refractivity contribution >= 4 is 17.1 Å². The van der Waals surface area contributed by atoms with Gasteiger partial charge in [-0.25, -0.2) is 0 Å². The Balaban J connectivity index is 1.66. The third-order valence-electron chi connectivity index (χ3n) is 4.08. The molecule has 0 aliphatic heterocycles. The number of rotatable bonds is 6. The molecule has 8 nitrogen and oxygen atoms in total. The van der Waals surface area contributed by atoms with Crippen LogP contribution < -0.4 is 5.43 Å². The van der Waals surface area contributed by atoms with E-state index >= 15 is 0 Å². The van der Waals surface area contributed by atoms with Crippen LogP contribution >= 0.6 is 0 Å². The maximum absolute atomic E-state index is 10.8. The van der Waals surface area contributed by atoms with Gasteiger partial charge in [-0.05, 0) is 24.3 Å². The molecule has 3 aromatic carbocycles. The molecule has 1 N–H and O–H groups in total. The smallest absolute Gasteiger partial charge is 0.269 e. The van der Waals surface area contributed by atoms with E-state index in [0.717, 1.165) is 11.1 Å². The number of nitro benzene ring substituents is 1. The van der Waals surface area contributed by atoms with Gasteiger partial charge in [0.05, 0.1) is 10.6 Å². The molecule has 0 aliphatic rings. The first kappa shape index (κ1) is 18.1. The van der Waals surface area contributed by atoms with Crippen LogP contribution in [0.15, 0.2) is 94.6 Å². The monoisotopic (exact) mass is 385 g/mol. The first-order chi connectivity index (χ1) is 14.2. The first-order valence-electron chi connectivity index (χ1n) is 8.74. The largest absolute Gasteiger partial charge is 0.334 e. The predicted molar refractivity (Wildman–Crippen MR) is 109 cm³/mol. The van der Waals surface area contributed by atoms with Crippen molar-refractivity contribution < 1.29 is 9.45 Å². The molecule has 0 bridgehead atoms. The number of anilines is 1. The van der Waals surface area contributed by atoms with Crippen molar-refractivity contribution in [2.24, 2.45) is 5.10 Å². The Morgan fingerprint density at radius 3 is 2.24 bits per heavy atom. The molecule has 0 saturated heterocycles. The van der Waals surface area contributed by atoms with Gasteiger partial charge in [0.2, 0.25) is 5.82 Å². The van der Waals surface area contributed by atoms with Crippen LogP contribution in [0.25, 0.3) is 11.5 Å². The molecule has 1 heterocycles. The number of aromatic nitrogens is 2. The molecule has 29 heavy (non-hydrogen) atoms. The van der Waals surface area contributed by atoms with Crippen LogP contribution in [0.1, 0.15) is 11.4 Å². The number of hydrogen-bond donors (Lipinski definition) is 1. The van der Waals surface area contributed by atoms with E-state index in [4.69, 9.17) is 4.52 Å². The van der Waals surface area contributed by atoms with Crippen LogP contribution in [-0.2, 0) is 0 Å². The Bertz CT molecular complexity index is 1140. The van der Waals surface area contributed by atoms with Crippen LogP contribution in [0, 0.1) is 10.1 Å². The van der Waals surface area contributed by atoms with Crippen LogP contribution in [-0.4, -0.2) is 20.8 Å². The predicted octanol–water partition coefficient (Wildman–Crippen LogP) is 4.51. The topological polar surface area (TPSA) is 106 Å². The van der Waals surface area contributed by atoms with E-state index in [9.17, 15) is 10.1 Å². The highest BCUT2D eigenvalue weighted by Crippen LogP contribution is 2.19. The lowest BCUT2D eigenvalue weighted by Crippen LogP contribution is -2.08. The SMILES string of the molecule is O=[N+]([O-])c1ccc(N/N=C(\c2ccccc2)c2noc(-c3ccccc3)n2)cc1. The van der Waals surface area contributed by atoms with E-state index < -0.39 is 4.92 Å². The van der Waals surface area contributed by atoms with Crippen LogP contribution in [0.5, 0.6) is 0 Å². The third kappa shape index (κ3) is 4.16. The molecule has 0 atom stereocenters. The molecule has 8 heteroatoms. The van der Waals surface area contributed by atoms with Gasteiger partial charge < -0.3 is 4.52 Å². The minimum atomic E-state index is -0.452. The Hall–Kier alpha value is -4.33. The number of hydrazone groups is 1. The average Bonchev–Trinajstić information content (AvgIpc) is 3.26. The minimum Gasteiger partial charge on any atom is -0.334 e. The summed E-state index contributed by atoms with van der Waals surface area (Å²) in [6, 6.07) is 24.9. The van der Waals surface area contributed by atoms with Gasteiger partial charge in [0.1, 0.15) is 5.71 Å². The second kappa shape index (κ2) is 8.13. The summed E-state index contributed by atoms with van der Waals surface area (Å²) < 4.78 is 5.40. The molecule has 0 spiro atoms. The van der Waals surface area contributed by atoms with E-state index in [0.29, 0.717) is 23.1 Å². The number of hydrogen-bond acceptors (Lipinski definition) is 7. The van der Waals surface area contributed by atoms with Crippen molar-refractivity contribution in [1.82, 2.24) is 10.1 Å². The van der Waals surface area contributed by atoms with E-state index in [1.165, 1.54) is 12.1 Å². The molecule has 142 valence electrons. The Morgan fingerprint density at radius 2 is 1.59 bits per heavy atom. The Kier molecular flexibility index (Phi) is 5.06. The Morgan fingerprint density at radius 1 is 0.931 bits per heavy atom. The molecule has 0 saturated carbocycles. The summed E-state index contributed by atoms with van der Waals surface area (Å²) in [4.78, 5) is 14.8. The van der Waals surface area contributed by atoms with E-state index in [1.54, 1.807) is 12.1 Å². The van der Waals surface area contributed by atoms with Crippen molar-refractivity contribution in [3.05, 3.63) is 106 Å². The van der Waals surface area contributed by atoms with Crippen LogP contribution in [0.4, 0.5) is 11.4 Å². The molecule has 1 aromatic heterocycles. The summed E-state index contributed by atoms with van der Waals surface area (Å²) in [5, 5.41) is 19.3. The van der Waals surface area contributed by atoms with Gasteiger partial charge >= 0.3 is 0 Å². The van der Waals surface area contributed by atoms with Gasteiger partial charge in [0, 0.05) is 23.3 Å². The zero-order valence-electron chi connectivity index (χ0n) is 15.1. The fraction of sp³-hybridized carbons (Fsp3) is 0. The first-order valence-corrected chi connectivity index (χ1v) is 8.74. The number of nitrogens with one attached hydrogen (secondary N) is 1. The van der Waals surface area contributed by atoms with Gasteiger partial charge in [-0.2, -0.15) is 10.1 Å². The van der Waals surface area contributed by atoms with Crippen molar-refractivity contribution in [3.8, 4) is 11.5 Å². The summed E-state index contributed by atoms with van der Waals surface area (Å²) in [6.07, 6.45) is 0.